The maximum Gasteiger partial charge on any atom is 0.283 e. The van der Waals surface area contributed by atoms with E-state index in [1.54, 1.807) is 30.3 Å². The maximum atomic E-state index is 12.7. The van der Waals surface area contributed by atoms with Crippen molar-refractivity contribution in [1.29, 1.82) is 0 Å². The number of fused-ring (bicyclic) bond motifs is 1. The van der Waals surface area contributed by atoms with Crippen LogP contribution in [0.4, 0.5) is 17.1 Å². The number of amidine groups is 1. The van der Waals surface area contributed by atoms with E-state index in [2.05, 4.69) is 20.6 Å². The Kier molecular flexibility index (Phi) is 8.05. The Morgan fingerprint density at radius 3 is 2.63 bits per heavy atom. The minimum atomic E-state index is -0.443. The molecule has 1 saturated heterocycles. The molecule has 2 amide bonds. The lowest BCUT2D eigenvalue weighted by atomic mass is 10.1. The van der Waals surface area contributed by atoms with Crippen LogP contribution in [-0.2, 0) is 4.79 Å². The van der Waals surface area contributed by atoms with E-state index in [-0.39, 0.29) is 17.5 Å². The molecule has 1 aliphatic heterocycles. The molecule has 0 atom stereocenters. The van der Waals surface area contributed by atoms with Gasteiger partial charge in [-0.15, -0.1) is 11.3 Å². The summed E-state index contributed by atoms with van der Waals surface area (Å²) in [6.45, 7) is 1.88. The van der Waals surface area contributed by atoms with E-state index in [0.717, 1.165) is 15.8 Å². The Balaban J connectivity index is 1.20. The van der Waals surface area contributed by atoms with Crippen molar-refractivity contribution in [3.63, 3.8) is 0 Å². The second-order valence-electron chi connectivity index (χ2n) is 9.33. The number of aliphatic imine (C=N–C) groups is 1. The van der Waals surface area contributed by atoms with Gasteiger partial charge in [-0.25, -0.2) is 9.98 Å². The smallest absolute Gasteiger partial charge is 0.283 e. The number of aromatic nitrogens is 1. The molecule has 12 heteroatoms. The van der Waals surface area contributed by atoms with Gasteiger partial charge in [-0.2, -0.15) is 0 Å². The number of carbonyl (C=O) groups is 2. The molecule has 2 N–H and O–H groups in total. The Bertz CT molecular complexity index is 1970. The molecule has 0 saturated carbocycles. The summed E-state index contributed by atoms with van der Waals surface area (Å²) < 4.78 is 1.46. The van der Waals surface area contributed by atoms with E-state index < -0.39 is 4.92 Å². The molecule has 4 aromatic carbocycles. The van der Waals surface area contributed by atoms with Crippen LogP contribution in [0, 0.1) is 17.0 Å². The number of hydrogen-bond acceptors (Lipinski definition) is 9. The average molecular weight is 624 g/mol. The monoisotopic (exact) mass is 623 g/mol. The van der Waals surface area contributed by atoms with E-state index in [4.69, 9.17) is 0 Å². The average Bonchev–Trinajstić information content (AvgIpc) is 3.55. The van der Waals surface area contributed by atoms with E-state index >= 15 is 0 Å². The molecule has 0 bridgehead atoms. The van der Waals surface area contributed by atoms with Crippen LogP contribution in [0.5, 0.6) is 0 Å². The van der Waals surface area contributed by atoms with Gasteiger partial charge in [0, 0.05) is 17.3 Å². The maximum absolute atomic E-state index is 12.7. The zero-order chi connectivity index (χ0) is 29.9. The molecule has 0 spiro atoms. The summed E-state index contributed by atoms with van der Waals surface area (Å²) in [5.74, 6) is -0.514. The SMILES string of the molecule is Cc1ccccc1C(=O)Nc1ccc2nc(Sc3ccc(/C=C4\SC(=Nc5ccccc5)NC4=O)cc3[N+](=O)[O-])sc2c1. The van der Waals surface area contributed by atoms with Crippen molar-refractivity contribution in [2.75, 3.05) is 5.32 Å². The van der Waals surface area contributed by atoms with Crippen molar-refractivity contribution < 1.29 is 14.5 Å². The van der Waals surface area contributed by atoms with Crippen LogP contribution >= 0.6 is 34.9 Å². The second-order valence-corrected chi connectivity index (χ2v) is 12.7. The minimum absolute atomic E-state index is 0.0913. The molecular weight excluding hydrogens is 603 g/mol. The summed E-state index contributed by atoms with van der Waals surface area (Å²) in [6, 6.07) is 26.9. The van der Waals surface area contributed by atoms with Gasteiger partial charge in [0.05, 0.1) is 30.6 Å². The number of nitro benzene ring substituents is 1. The number of hydrogen-bond donors (Lipinski definition) is 2. The second kappa shape index (κ2) is 12.2. The van der Waals surface area contributed by atoms with Crippen molar-refractivity contribution in [3.8, 4) is 0 Å². The van der Waals surface area contributed by atoms with Gasteiger partial charge in [-0.05, 0) is 78.4 Å². The fraction of sp³-hybridized carbons (Fsp3) is 0.0323. The summed E-state index contributed by atoms with van der Waals surface area (Å²) in [7, 11) is 0. The molecule has 0 radical (unpaired) electrons. The highest BCUT2D eigenvalue weighted by Gasteiger charge is 2.25. The minimum Gasteiger partial charge on any atom is -0.322 e. The first-order valence-electron chi connectivity index (χ1n) is 12.9. The number of rotatable bonds is 7. The van der Waals surface area contributed by atoms with E-state index in [0.29, 0.717) is 41.8 Å². The van der Waals surface area contributed by atoms with Gasteiger partial charge in [0.2, 0.25) is 0 Å². The fourth-order valence-electron chi connectivity index (χ4n) is 4.25. The number of nitrogens with zero attached hydrogens (tertiary/aromatic N) is 3. The third kappa shape index (κ3) is 6.51. The Morgan fingerprint density at radius 1 is 1.05 bits per heavy atom. The lowest BCUT2D eigenvalue weighted by molar-refractivity contribution is -0.387. The van der Waals surface area contributed by atoms with Gasteiger partial charge in [0.1, 0.15) is 0 Å². The molecule has 0 unspecified atom stereocenters. The first-order chi connectivity index (χ1) is 20.8. The first kappa shape index (κ1) is 28.3. The highest BCUT2D eigenvalue weighted by molar-refractivity contribution is 8.18. The summed E-state index contributed by atoms with van der Waals surface area (Å²) in [5.41, 5.74) is 3.98. The third-order valence-electron chi connectivity index (χ3n) is 6.33. The van der Waals surface area contributed by atoms with E-state index in [1.807, 2.05) is 67.6 Å². The molecule has 9 nitrogen and oxygen atoms in total. The largest absolute Gasteiger partial charge is 0.322 e. The van der Waals surface area contributed by atoms with Crippen LogP contribution in [0.3, 0.4) is 0 Å². The molecule has 43 heavy (non-hydrogen) atoms. The van der Waals surface area contributed by atoms with Gasteiger partial charge in [0.25, 0.3) is 17.5 Å². The number of aryl methyl sites for hydroxylation is 1. The quantitative estimate of drug-likeness (QED) is 0.108. The first-order valence-corrected chi connectivity index (χ1v) is 15.4. The number of nitrogens with one attached hydrogen (secondary N) is 2. The predicted octanol–water partition coefficient (Wildman–Crippen LogP) is 7.81. The highest BCUT2D eigenvalue weighted by Crippen LogP contribution is 2.40. The zero-order valence-electron chi connectivity index (χ0n) is 22.4. The lowest BCUT2D eigenvalue weighted by Crippen LogP contribution is -2.19. The highest BCUT2D eigenvalue weighted by atomic mass is 32.2. The van der Waals surface area contributed by atoms with E-state index in [9.17, 15) is 19.7 Å². The number of nitro groups is 1. The molecule has 1 aromatic heterocycles. The number of anilines is 1. The topological polar surface area (TPSA) is 127 Å². The molecule has 6 rings (SSSR count). The van der Waals surface area contributed by atoms with Crippen molar-refractivity contribution >= 4 is 85.2 Å². The molecule has 1 fully saturated rings. The van der Waals surface area contributed by atoms with Crippen LogP contribution in [0.2, 0.25) is 0 Å². The third-order valence-corrected chi connectivity index (χ3v) is 9.38. The number of benzene rings is 4. The zero-order valence-corrected chi connectivity index (χ0v) is 24.9. The number of thioether (sulfide) groups is 1. The standard InChI is InChI=1S/C31H21N5O4S3/c1-18-7-5-6-10-22(18)28(37)32-21-12-13-23-26(17-21)43-31(34-23)42-25-14-11-19(15-24(25)36(39)40)16-27-29(38)35-30(41-27)33-20-8-3-2-4-9-20/h2-17H,1H3,(H,32,37)(H,33,35,38)/b27-16-. The van der Waals surface area contributed by atoms with Crippen molar-refractivity contribution in [1.82, 2.24) is 10.3 Å². The van der Waals surface area contributed by atoms with Crippen LogP contribution in [-0.4, -0.2) is 26.9 Å². The van der Waals surface area contributed by atoms with Crippen molar-refractivity contribution in [2.24, 2.45) is 4.99 Å². The Labute approximate surface area is 258 Å². The number of amides is 2. The Morgan fingerprint density at radius 2 is 1.84 bits per heavy atom. The molecule has 1 aliphatic rings. The summed E-state index contributed by atoms with van der Waals surface area (Å²) >= 11 is 3.75. The van der Waals surface area contributed by atoms with Gasteiger partial charge in [-0.3, -0.25) is 19.7 Å². The number of carbonyl (C=O) groups excluding carboxylic acids is 2. The molecule has 2 heterocycles. The van der Waals surface area contributed by atoms with Gasteiger partial charge in [-0.1, -0.05) is 54.2 Å². The number of thiazole rings is 1. The van der Waals surface area contributed by atoms with Gasteiger partial charge >= 0.3 is 0 Å². The summed E-state index contributed by atoms with van der Waals surface area (Å²) in [4.78, 5) is 46.7. The molecule has 5 aromatic rings. The normalized spacial score (nSPS) is 14.8. The summed E-state index contributed by atoms with van der Waals surface area (Å²) in [6.07, 6.45) is 1.61. The van der Waals surface area contributed by atoms with Crippen molar-refractivity contribution in [2.45, 2.75) is 16.2 Å². The fourth-order valence-corrected chi connectivity index (χ4v) is 7.24. The van der Waals surface area contributed by atoms with Crippen LogP contribution in [0.15, 0.2) is 110 Å². The van der Waals surface area contributed by atoms with Gasteiger partial charge in [0.15, 0.2) is 9.51 Å². The van der Waals surface area contributed by atoms with Gasteiger partial charge < -0.3 is 10.6 Å². The lowest BCUT2D eigenvalue weighted by Gasteiger charge is -2.07. The van der Waals surface area contributed by atoms with Crippen LogP contribution in [0.25, 0.3) is 16.3 Å². The molecule has 0 aliphatic carbocycles. The van der Waals surface area contributed by atoms with Crippen LogP contribution < -0.4 is 10.6 Å². The van der Waals surface area contributed by atoms with Crippen LogP contribution in [0.1, 0.15) is 21.5 Å². The summed E-state index contributed by atoms with van der Waals surface area (Å²) in [5, 5.41) is 18.1. The number of para-hydroxylation sites is 1. The van der Waals surface area contributed by atoms with Crippen molar-refractivity contribution in [3.05, 3.63) is 123 Å². The predicted molar refractivity (Wildman–Crippen MR) is 173 cm³/mol. The molecule has 212 valence electrons. The Hall–Kier alpha value is -4.78. The molecular formula is C31H21N5O4S3. The van der Waals surface area contributed by atoms with E-state index in [1.165, 1.54) is 40.9 Å².